The topological polar surface area (TPSA) is 53.2 Å². The van der Waals surface area contributed by atoms with Crippen LogP contribution < -0.4 is 16.2 Å². The second-order valence-corrected chi connectivity index (χ2v) is 6.43. The monoisotopic (exact) mass is 335 g/mol. The number of hydrazine groups is 1. The lowest BCUT2D eigenvalue weighted by Gasteiger charge is -2.17. The number of unbranched alkanes of at least 4 members (excludes halogenated alkanes) is 1. The third-order valence-electron chi connectivity index (χ3n) is 4.01. The number of thiocarbonyl (C=S) groups is 1. The fourth-order valence-electron chi connectivity index (χ4n) is 2.47. The van der Waals surface area contributed by atoms with Crippen LogP contribution in [0.25, 0.3) is 0 Å². The van der Waals surface area contributed by atoms with Gasteiger partial charge in [0.05, 0.1) is 0 Å². The normalized spacial score (nSPS) is 11.7. The van der Waals surface area contributed by atoms with Gasteiger partial charge in [0.25, 0.3) is 5.91 Å². The molecule has 0 saturated carbocycles. The van der Waals surface area contributed by atoms with Gasteiger partial charge in [0.15, 0.2) is 5.11 Å². The maximum absolute atomic E-state index is 12.2. The molecule has 5 heteroatoms. The number of hydrogen-bond donors (Lipinski definition) is 3. The predicted octanol–water partition coefficient (Wildman–Crippen LogP) is 3.63. The maximum atomic E-state index is 12.2. The summed E-state index contributed by atoms with van der Waals surface area (Å²) in [5, 5.41) is 3.64. The van der Waals surface area contributed by atoms with Gasteiger partial charge in [-0.2, -0.15) is 0 Å². The average molecular weight is 336 g/mol. The van der Waals surface area contributed by atoms with E-state index >= 15 is 0 Å². The van der Waals surface area contributed by atoms with Gasteiger partial charge in [-0.05, 0) is 50.0 Å². The molecule has 4 nitrogen and oxygen atoms in total. The lowest BCUT2D eigenvalue weighted by Crippen LogP contribution is -2.47. The van der Waals surface area contributed by atoms with Crippen molar-refractivity contribution in [1.29, 1.82) is 0 Å². The van der Waals surface area contributed by atoms with E-state index in [1.165, 1.54) is 19.3 Å². The van der Waals surface area contributed by atoms with Crippen molar-refractivity contribution in [2.45, 2.75) is 53.4 Å². The molecule has 0 unspecified atom stereocenters. The minimum Gasteiger partial charge on any atom is -0.361 e. The SMILES string of the molecule is CCCC[C@@H](CC)CNC(=S)NNC(=O)c1ccc(C)cc1C. The molecule has 1 aromatic rings. The zero-order valence-corrected chi connectivity index (χ0v) is 15.5. The molecule has 0 saturated heterocycles. The predicted molar refractivity (Wildman–Crippen MR) is 100 cm³/mol. The molecule has 0 aromatic heterocycles. The number of aryl methyl sites for hydroxylation is 2. The van der Waals surface area contributed by atoms with E-state index in [-0.39, 0.29) is 5.91 Å². The number of hydrogen-bond acceptors (Lipinski definition) is 2. The second kappa shape index (κ2) is 10.2. The highest BCUT2D eigenvalue weighted by Crippen LogP contribution is 2.11. The van der Waals surface area contributed by atoms with Gasteiger partial charge in [-0.1, -0.05) is 50.8 Å². The molecule has 0 bridgehead atoms. The molecule has 0 aliphatic heterocycles. The standard InChI is InChI=1S/C18H29N3OS/c1-5-7-8-15(6-2)12-19-18(23)21-20-17(22)16-10-9-13(3)11-14(16)4/h9-11,15H,5-8,12H2,1-4H3,(H,20,22)(H2,19,21,23)/t15-/m1/s1. The number of benzene rings is 1. The Balaban J connectivity index is 2.39. The summed E-state index contributed by atoms with van der Waals surface area (Å²) in [6.45, 7) is 9.17. The van der Waals surface area contributed by atoms with Crippen molar-refractivity contribution >= 4 is 23.2 Å². The molecule has 0 fully saturated rings. The number of nitrogens with one attached hydrogen (secondary N) is 3. The highest BCUT2D eigenvalue weighted by atomic mass is 32.1. The summed E-state index contributed by atoms with van der Waals surface area (Å²) in [6.07, 6.45) is 4.79. The summed E-state index contributed by atoms with van der Waals surface area (Å²) in [5.41, 5.74) is 8.18. The number of carbonyl (C=O) groups excluding carboxylic acids is 1. The van der Waals surface area contributed by atoms with E-state index < -0.39 is 0 Å². The number of rotatable bonds is 7. The quantitative estimate of drug-likeness (QED) is 0.526. The van der Waals surface area contributed by atoms with E-state index in [9.17, 15) is 4.79 Å². The fraction of sp³-hybridized carbons (Fsp3) is 0.556. The molecule has 0 radical (unpaired) electrons. The fourth-order valence-corrected chi connectivity index (χ4v) is 2.61. The highest BCUT2D eigenvalue weighted by molar-refractivity contribution is 7.80. The third kappa shape index (κ3) is 6.99. The first-order valence-corrected chi connectivity index (χ1v) is 8.80. The minimum absolute atomic E-state index is 0.176. The van der Waals surface area contributed by atoms with Crippen LogP contribution in [-0.2, 0) is 0 Å². The highest BCUT2D eigenvalue weighted by Gasteiger charge is 2.10. The second-order valence-electron chi connectivity index (χ2n) is 6.02. The minimum atomic E-state index is -0.176. The molecule has 1 rings (SSSR count). The summed E-state index contributed by atoms with van der Waals surface area (Å²) < 4.78 is 0. The Labute approximate surface area is 145 Å². The summed E-state index contributed by atoms with van der Waals surface area (Å²) in [4.78, 5) is 12.2. The van der Waals surface area contributed by atoms with Crippen molar-refractivity contribution in [3.63, 3.8) is 0 Å². The van der Waals surface area contributed by atoms with E-state index in [1.807, 2.05) is 32.0 Å². The Morgan fingerprint density at radius 1 is 1.22 bits per heavy atom. The summed E-state index contributed by atoms with van der Waals surface area (Å²) >= 11 is 5.22. The Morgan fingerprint density at radius 3 is 2.57 bits per heavy atom. The van der Waals surface area contributed by atoms with E-state index in [0.29, 0.717) is 16.6 Å². The average Bonchev–Trinajstić information content (AvgIpc) is 2.52. The Bertz CT molecular complexity index is 531. The molecule has 3 N–H and O–H groups in total. The van der Waals surface area contributed by atoms with Crippen molar-refractivity contribution in [1.82, 2.24) is 16.2 Å². The molecule has 128 valence electrons. The molecular formula is C18H29N3OS. The van der Waals surface area contributed by atoms with E-state index in [1.54, 1.807) is 0 Å². The zero-order valence-electron chi connectivity index (χ0n) is 14.7. The molecule has 0 heterocycles. The summed E-state index contributed by atoms with van der Waals surface area (Å²) in [7, 11) is 0. The van der Waals surface area contributed by atoms with Crippen molar-refractivity contribution < 1.29 is 4.79 Å². The summed E-state index contributed by atoms with van der Waals surface area (Å²) in [5.74, 6) is 0.439. The van der Waals surface area contributed by atoms with Gasteiger partial charge in [0.1, 0.15) is 0 Å². The first-order valence-electron chi connectivity index (χ1n) is 8.39. The molecule has 1 aromatic carbocycles. The Morgan fingerprint density at radius 2 is 1.96 bits per heavy atom. The molecule has 23 heavy (non-hydrogen) atoms. The van der Waals surface area contributed by atoms with Crippen LogP contribution in [0.1, 0.15) is 61.0 Å². The van der Waals surface area contributed by atoms with Crippen molar-refractivity contribution in [3.8, 4) is 0 Å². The van der Waals surface area contributed by atoms with Crippen LogP contribution in [0.4, 0.5) is 0 Å². The molecular weight excluding hydrogens is 306 g/mol. The van der Waals surface area contributed by atoms with Crippen LogP contribution in [-0.4, -0.2) is 17.6 Å². The van der Waals surface area contributed by atoms with E-state index in [2.05, 4.69) is 30.0 Å². The van der Waals surface area contributed by atoms with Gasteiger partial charge in [0, 0.05) is 12.1 Å². The summed E-state index contributed by atoms with van der Waals surface area (Å²) in [6, 6.07) is 5.75. The first-order chi connectivity index (χ1) is 11.0. The van der Waals surface area contributed by atoms with Crippen LogP contribution in [0.15, 0.2) is 18.2 Å². The maximum Gasteiger partial charge on any atom is 0.269 e. The molecule has 1 amide bonds. The zero-order chi connectivity index (χ0) is 17.2. The van der Waals surface area contributed by atoms with Gasteiger partial charge in [-0.15, -0.1) is 0 Å². The number of carbonyl (C=O) groups is 1. The van der Waals surface area contributed by atoms with Gasteiger partial charge in [-0.3, -0.25) is 15.6 Å². The van der Waals surface area contributed by atoms with Crippen LogP contribution in [0.2, 0.25) is 0 Å². The van der Waals surface area contributed by atoms with Gasteiger partial charge in [0.2, 0.25) is 0 Å². The smallest absolute Gasteiger partial charge is 0.269 e. The lowest BCUT2D eigenvalue weighted by atomic mass is 9.99. The van der Waals surface area contributed by atoms with E-state index in [4.69, 9.17) is 12.2 Å². The molecule has 0 spiro atoms. The van der Waals surface area contributed by atoms with Crippen LogP contribution in [0.5, 0.6) is 0 Å². The van der Waals surface area contributed by atoms with Crippen molar-refractivity contribution in [3.05, 3.63) is 34.9 Å². The molecule has 0 aliphatic carbocycles. The lowest BCUT2D eigenvalue weighted by molar-refractivity contribution is 0.0943. The molecule has 0 aliphatic rings. The van der Waals surface area contributed by atoms with Gasteiger partial charge in [-0.25, -0.2) is 0 Å². The van der Waals surface area contributed by atoms with Gasteiger partial charge >= 0.3 is 0 Å². The Kier molecular flexibility index (Phi) is 8.62. The third-order valence-corrected chi connectivity index (χ3v) is 4.26. The molecule has 1 atom stereocenters. The number of amides is 1. The van der Waals surface area contributed by atoms with Crippen molar-refractivity contribution in [2.75, 3.05) is 6.54 Å². The first kappa shape index (κ1) is 19.4. The van der Waals surface area contributed by atoms with Crippen LogP contribution >= 0.6 is 12.2 Å². The van der Waals surface area contributed by atoms with E-state index in [0.717, 1.165) is 24.1 Å². The van der Waals surface area contributed by atoms with Gasteiger partial charge < -0.3 is 5.32 Å². The Hall–Kier alpha value is -1.62. The largest absolute Gasteiger partial charge is 0.361 e. The van der Waals surface area contributed by atoms with Crippen LogP contribution in [0, 0.1) is 19.8 Å². The van der Waals surface area contributed by atoms with Crippen LogP contribution in [0.3, 0.4) is 0 Å². The van der Waals surface area contributed by atoms with Crippen molar-refractivity contribution in [2.24, 2.45) is 5.92 Å².